The second kappa shape index (κ2) is 6.39. The number of aryl methyl sites for hydroxylation is 1. The number of rotatable bonds is 5. The van der Waals surface area contributed by atoms with E-state index in [0.717, 1.165) is 11.1 Å². The lowest BCUT2D eigenvalue weighted by molar-refractivity contribution is 0.171. The average molecular weight is 274 g/mol. The Morgan fingerprint density at radius 2 is 2.05 bits per heavy atom. The van der Waals surface area contributed by atoms with Crippen molar-refractivity contribution in [2.75, 3.05) is 17.6 Å². The molecule has 4 N–H and O–H groups in total. The summed E-state index contributed by atoms with van der Waals surface area (Å²) in [7, 11) is 0. The molecule has 1 atom stereocenters. The zero-order chi connectivity index (χ0) is 14.5. The summed E-state index contributed by atoms with van der Waals surface area (Å²) in [6, 6.07) is 11.8. The van der Waals surface area contributed by atoms with Crippen LogP contribution >= 0.6 is 0 Å². The molecule has 4 heteroatoms. The maximum atomic E-state index is 13.0. The molecule has 0 amide bonds. The molecular weight excluding hydrogens is 255 g/mol. The molecule has 0 spiro atoms. The van der Waals surface area contributed by atoms with Gasteiger partial charge in [-0.2, -0.15) is 0 Å². The molecule has 3 nitrogen and oxygen atoms in total. The molecule has 0 aliphatic heterocycles. The van der Waals surface area contributed by atoms with Crippen LogP contribution in [-0.2, 0) is 0 Å². The van der Waals surface area contributed by atoms with E-state index in [1.165, 1.54) is 12.1 Å². The number of benzene rings is 2. The van der Waals surface area contributed by atoms with Gasteiger partial charge in [0.05, 0.1) is 6.10 Å². The minimum Gasteiger partial charge on any atom is -0.399 e. The first-order valence-electron chi connectivity index (χ1n) is 6.60. The predicted molar refractivity (Wildman–Crippen MR) is 80.1 cm³/mol. The highest BCUT2D eigenvalue weighted by molar-refractivity contribution is 5.49. The Morgan fingerprint density at radius 3 is 2.75 bits per heavy atom. The minimum absolute atomic E-state index is 0.276. The number of nitrogens with one attached hydrogen (secondary N) is 1. The Morgan fingerprint density at radius 1 is 1.25 bits per heavy atom. The first kappa shape index (κ1) is 14.3. The van der Waals surface area contributed by atoms with E-state index in [1.54, 1.807) is 18.2 Å². The standard InChI is InChI=1S/C16H19FN2O/c1-11-5-6-12(9-15(11)18)16(20)7-8-19-14-4-2-3-13(17)10-14/h2-6,9-10,16,19-20H,7-8,18H2,1H3. The lowest BCUT2D eigenvalue weighted by Gasteiger charge is -2.13. The van der Waals surface area contributed by atoms with Gasteiger partial charge in [0.25, 0.3) is 0 Å². The quantitative estimate of drug-likeness (QED) is 0.733. The van der Waals surface area contributed by atoms with Crippen molar-refractivity contribution >= 4 is 11.4 Å². The second-order valence-corrected chi connectivity index (χ2v) is 4.86. The van der Waals surface area contributed by atoms with Crippen molar-refractivity contribution in [3.63, 3.8) is 0 Å². The molecule has 0 saturated heterocycles. The van der Waals surface area contributed by atoms with Crippen LogP contribution in [0.3, 0.4) is 0 Å². The van der Waals surface area contributed by atoms with Crippen LogP contribution in [0.15, 0.2) is 42.5 Å². The lowest BCUT2D eigenvalue weighted by atomic mass is 10.0. The lowest BCUT2D eigenvalue weighted by Crippen LogP contribution is -2.08. The number of hydrogen-bond acceptors (Lipinski definition) is 3. The van der Waals surface area contributed by atoms with Gasteiger partial charge in [-0.3, -0.25) is 0 Å². The largest absolute Gasteiger partial charge is 0.399 e. The van der Waals surface area contributed by atoms with Gasteiger partial charge >= 0.3 is 0 Å². The third-order valence-corrected chi connectivity index (χ3v) is 3.26. The number of aliphatic hydroxyl groups is 1. The molecule has 0 aromatic heterocycles. The van der Waals surface area contributed by atoms with Crippen molar-refractivity contribution < 1.29 is 9.50 Å². The van der Waals surface area contributed by atoms with Crippen molar-refractivity contribution in [3.05, 3.63) is 59.4 Å². The van der Waals surface area contributed by atoms with Gasteiger partial charge in [0.2, 0.25) is 0 Å². The topological polar surface area (TPSA) is 58.3 Å². The Hall–Kier alpha value is -2.07. The fraction of sp³-hybridized carbons (Fsp3) is 0.250. The number of anilines is 2. The zero-order valence-corrected chi connectivity index (χ0v) is 11.4. The van der Waals surface area contributed by atoms with E-state index in [9.17, 15) is 9.50 Å². The fourth-order valence-electron chi connectivity index (χ4n) is 1.98. The molecule has 0 aliphatic rings. The van der Waals surface area contributed by atoms with Crippen LogP contribution in [0, 0.1) is 12.7 Å². The van der Waals surface area contributed by atoms with Gasteiger partial charge in [0.1, 0.15) is 5.82 Å². The molecule has 2 rings (SSSR count). The van der Waals surface area contributed by atoms with Crippen LogP contribution in [0.1, 0.15) is 23.7 Å². The summed E-state index contributed by atoms with van der Waals surface area (Å²) in [5, 5.41) is 13.2. The van der Waals surface area contributed by atoms with Crippen LogP contribution < -0.4 is 11.1 Å². The van der Waals surface area contributed by atoms with E-state index in [-0.39, 0.29) is 5.82 Å². The predicted octanol–water partition coefficient (Wildman–Crippen LogP) is 3.25. The maximum Gasteiger partial charge on any atom is 0.125 e. The van der Waals surface area contributed by atoms with E-state index in [2.05, 4.69) is 5.32 Å². The smallest absolute Gasteiger partial charge is 0.125 e. The molecule has 0 radical (unpaired) electrons. The third-order valence-electron chi connectivity index (χ3n) is 3.26. The Kier molecular flexibility index (Phi) is 4.58. The molecule has 0 fully saturated rings. The van der Waals surface area contributed by atoms with Crippen molar-refractivity contribution in [1.82, 2.24) is 0 Å². The minimum atomic E-state index is -0.584. The van der Waals surface area contributed by atoms with Crippen LogP contribution in [-0.4, -0.2) is 11.7 Å². The van der Waals surface area contributed by atoms with Crippen molar-refractivity contribution in [3.8, 4) is 0 Å². The number of aliphatic hydroxyl groups excluding tert-OH is 1. The van der Waals surface area contributed by atoms with Crippen LogP contribution in [0.25, 0.3) is 0 Å². The molecule has 106 valence electrons. The number of halogens is 1. The molecule has 0 bridgehead atoms. The highest BCUT2D eigenvalue weighted by Gasteiger charge is 2.08. The molecule has 0 aliphatic carbocycles. The van der Waals surface area contributed by atoms with E-state index < -0.39 is 6.10 Å². The van der Waals surface area contributed by atoms with Crippen molar-refractivity contribution in [2.24, 2.45) is 0 Å². The molecule has 0 heterocycles. The van der Waals surface area contributed by atoms with Crippen molar-refractivity contribution in [2.45, 2.75) is 19.4 Å². The van der Waals surface area contributed by atoms with Gasteiger partial charge in [0, 0.05) is 17.9 Å². The first-order chi connectivity index (χ1) is 9.56. The van der Waals surface area contributed by atoms with Gasteiger partial charge in [0.15, 0.2) is 0 Å². The van der Waals surface area contributed by atoms with Gasteiger partial charge in [-0.05, 0) is 48.7 Å². The highest BCUT2D eigenvalue weighted by Crippen LogP contribution is 2.21. The number of hydrogen-bond donors (Lipinski definition) is 3. The molecule has 0 saturated carbocycles. The normalized spacial score (nSPS) is 12.2. The van der Waals surface area contributed by atoms with Crippen LogP contribution in [0.4, 0.5) is 15.8 Å². The Bertz CT molecular complexity index is 586. The first-order valence-corrected chi connectivity index (χ1v) is 6.60. The van der Waals surface area contributed by atoms with E-state index in [0.29, 0.717) is 24.3 Å². The van der Waals surface area contributed by atoms with Gasteiger partial charge < -0.3 is 16.2 Å². The monoisotopic (exact) mass is 274 g/mol. The second-order valence-electron chi connectivity index (χ2n) is 4.86. The van der Waals surface area contributed by atoms with Crippen LogP contribution in [0.2, 0.25) is 0 Å². The molecule has 2 aromatic rings. The summed E-state index contributed by atoms with van der Waals surface area (Å²) in [5.74, 6) is -0.276. The molecular formula is C16H19FN2O. The summed E-state index contributed by atoms with van der Waals surface area (Å²) < 4.78 is 13.0. The Labute approximate surface area is 118 Å². The van der Waals surface area contributed by atoms with Crippen LogP contribution in [0.5, 0.6) is 0 Å². The van der Waals surface area contributed by atoms with E-state index in [1.807, 2.05) is 19.1 Å². The highest BCUT2D eigenvalue weighted by atomic mass is 19.1. The van der Waals surface area contributed by atoms with Gasteiger partial charge in [-0.25, -0.2) is 4.39 Å². The van der Waals surface area contributed by atoms with Crippen molar-refractivity contribution in [1.29, 1.82) is 0 Å². The van der Waals surface area contributed by atoms with E-state index >= 15 is 0 Å². The van der Waals surface area contributed by atoms with Gasteiger partial charge in [-0.15, -0.1) is 0 Å². The third kappa shape index (κ3) is 3.71. The maximum absolute atomic E-state index is 13.0. The zero-order valence-electron chi connectivity index (χ0n) is 11.4. The number of nitrogens with two attached hydrogens (primary N) is 1. The summed E-state index contributed by atoms with van der Waals surface area (Å²) in [6.07, 6.45) is -0.0575. The summed E-state index contributed by atoms with van der Waals surface area (Å²) in [4.78, 5) is 0. The SMILES string of the molecule is Cc1ccc(C(O)CCNc2cccc(F)c2)cc1N. The summed E-state index contributed by atoms with van der Waals surface area (Å²) >= 11 is 0. The summed E-state index contributed by atoms with van der Waals surface area (Å²) in [6.45, 7) is 2.48. The molecule has 2 aromatic carbocycles. The summed E-state index contributed by atoms with van der Waals surface area (Å²) in [5.41, 5.74) is 9.01. The molecule has 20 heavy (non-hydrogen) atoms. The van der Waals surface area contributed by atoms with E-state index in [4.69, 9.17) is 5.73 Å². The number of nitrogen functional groups attached to an aromatic ring is 1. The Balaban J connectivity index is 1.88. The fourth-order valence-corrected chi connectivity index (χ4v) is 1.98. The average Bonchev–Trinajstić information content (AvgIpc) is 2.42. The molecule has 1 unspecified atom stereocenters. The van der Waals surface area contributed by atoms with Gasteiger partial charge in [-0.1, -0.05) is 18.2 Å².